The molecule has 0 aliphatic rings. The highest BCUT2D eigenvalue weighted by Crippen LogP contribution is 2.40. The lowest BCUT2D eigenvalue weighted by atomic mass is 10.3. The average Bonchev–Trinajstić information content (AvgIpc) is 2.68. The summed E-state index contributed by atoms with van der Waals surface area (Å²) in [6.45, 7) is -0.0877. The quantitative estimate of drug-likeness (QED) is 0.459. The molecule has 10 heteroatoms. The van der Waals surface area contributed by atoms with Gasteiger partial charge >= 0.3 is 5.69 Å². The van der Waals surface area contributed by atoms with Crippen LogP contribution in [0.5, 0.6) is 11.5 Å². The summed E-state index contributed by atoms with van der Waals surface area (Å²) in [5.41, 5.74) is -0.146. The number of nitro groups is 1. The Hall–Kier alpha value is -3.01. The first-order valence-electron chi connectivity index (χ1n) is 7.98. The minimum Gasteiger partial charge on any atom is -0.450 e. The third-order valence-corrected chi connectivity index (χ3v) is 5.59. The monoisotopic (exact) mass is 419 g/mol. The second-order valence-corrected chi connectivity index (χ2v) is 7.66. The largest absolute Gasteiger partial charge is 0.450 e. The maximum atomic E-state index is 12.6. The summed E-state index contributed by atoms with van der Waals surface area (Å²) >= 11 is 6.08. The van der Waals surface area contributed by atoms with E-state index in [4.69, 9.17) is 16.3 Å². The van der Waals surface area contributed by atoms with Crippen LogP contribution in [-0.4, -0.2) is 18.3 Å². The second kappa shape index (κ2) is 8.34. The number of pyridine rings is 1. The lowest BCUT2D eigenvalue weighted by Crippen LogP contribution is -2.24. The minimum atomic E-state index is -4.12. The number of nitrogens with zero attached hydrogens (tertiary/aromatic N) is 2. The van der Waals surface area contributed by atoms with Crippen molar-refractivity contribution < 1.29 is 18.1 Å². The number of nitro benzene ring substituents is 1. The average molecular weight is 420 g/mol. The van der Waals surface area contributed by atoms with Gasteiger partial charge in [0.15, 0.2) is 0 Å². The Morgan fingerprint density at radius 2 is 1.79 bits per heavy atom. The first-order valence-corrected chi connectivity index (χ1v) is 9.84. The van der Waals surface area contributed by atoms with E-state index in [1.165, 1.54) is 12.3 Å². The van der Waals surface area contributed by atoms with Crippen molar-refractivity contribution in [2.75, 3.05) is 0 Å². The van der Waals surface area contributed by atoms with E-state index in [-0.39, 0.29) is 12.3 Å². The number of hydrogen-bond acceptors (Lipinski definition) is 6. The van der Waals surface area contributed by atoms with Crippen molar-refractivity contribution in [3.63, 3.8) is 0 Å². The van der Waals surface area contributed by atoms with E-state index >= 15 is 0 Å². The van der Waals surface area contributed by atoms with Gasteiger partial charge in [0.25, 0.3) is 0 Å². The first kappa shape index (κ1) is 19.7. The van der Waals surface area contributed by atoms with Crippen molar-refractivity contribution in [3.05, 3.63) is 87.7 Å². The zero-order valence-electron chi connectivity index (χ0n) is 14.3. The summed E-state index contributed by atoms with van der Waals surface area (Å²) in [5.74, 6) is 0.190. The van der Waals surface area contributed by atoms with Crippen LogP contribution in [0.4, 0.5) is 5.69 Å². The molecule has 0 radical (unpaired) electrons. The third-order valence-electron chi connectivity index (χ3n) is 3.66. The standard InChI is InChI=1S/C18H14ClN3O5S/c19-17-16(28(25,26)21-12-13-6-4-5-11-20-13)10-9-15(18(17)22(23)24)27-14-7-2-1-3-8-14/h1-11,21H,12H2. The number of halogens is 1. The molecule has 0 bridgehead atoms. The van der Waals surface area contributed by atoms with Crippen molar-refractivity contribution in [2.24, 2.45) is 0 Å². The van der Waals surface area contributed by atoms with E-state index in [0.717, 1.165) is 6.07 Å². The molecular weight excluding hydrogens is 406 g/mol. The van der Waals surface area contributed by atoms with E-state index in [1.807, 2.05) is 0 Å². The molecule has 1 aromatic heterocycles. The van der Waals surface area contributed by atoms with Crippen LogP contribution in [0.25, 0.3) is 0 Å². The van der Waals surface area contributed by atoms with E-state index < -0.39 is 30.6 Å². The van der Waals surface area contributed by atoms with Crippen LogP contribution in [0.1, 0.15) is 5.69 Å². The summed E-state index contributed by atoms with van der Waals surface area (Å²) in [4.78, 5) is 14.3. The van der Waals surface area contributed by atoms with Gasteiger partial charge in [-0.15, -0.1) is 0 Å². The van der Waals surface area contributed by atoms with Gasteiger partial charge in [-0.1, -0.05) is 35.9 Å². The molecule has 1 heterocycles. The van der Waals surface area contributed by atoms with Crippen LogP contribution in [0, 0.1) is 10.1 Å². The van der Waals surface area contributed by atoms with Crippen LogP contribution in [-0.2, 0) is 16.6 Å². The summed E-state index contributed by atoms with van der Waals surface area (Å²) in [5, 5.41) is 11.0. The molecule has 0 fully saturated rings. The molecule has 2 aromatic carbocycles. The molecule has 28 heavy (non-hydrogen) atoms. The summed E-state index contributed by atoms with van der Waals surface area (Å²) in [6.07, 6.45) is 1.52. The fourth-order valence-electron chi connectivity index (χ4n) is 2.35. The SMILES string of the molecule is O=[N+]([O-])c1c(Oc2ccccc2)ccc(S(=O)(=O)NCc2ccccn2)c1Cl. The van der Waals surface area contributed by atoms with Gasteiger partial charge in [0, 0.05) is 6.20 Å². The van der Waals surface area contributed by atoms with Gasteiger partial charge in [0.2, 0.25) is 15.8 Å². The number of aromatic nitrogens is 1. The van der Waals surface area contributed by atoms with Crippen molar-refractivity contribution in [1.82, 2.24) is 9.71 Å². The van der Waals surface area contributed by atoms with E-state index in [0.29, 0.717) is 11.4 Å². The van der Waals surface area contributed by atoms with Crippen LogP contribution in [0.2, 0.25) is 5.02 Å². The second-order valence-electron chi connectivity index (χ2n) is 5.54. The molecule has 0 atom stereocenters. The normalized spacial score (nSPS) is 11.2. The molecule has 0 saturated carbocycles. The third kappa shape index (κ3) is 4.45. The van der Waals surface area contributed by atoms with E-state index in [2.05, 4.69) is 9.71 Å². The molecule has 3 aromatic rings. The number of rotatable bonds is 7. The van der Waals surface area contributed by atoms with Crippen molar-refractivity contribution in [2.45, 2.75) is 11.4 Å². The molecule has 0 aliphatic heterocycles. The Morgan fingerprint density at radius 1 is 1.07 bits per heavy atom. The molecule has 1 N–H and O–H groups in total. The maximum Gasteiger partial charge on any atom is 0.331 e. The molecule has 0 spiro atoms. The van der Waals surface area contributed by atoms with Gasteiger partial charge in [0.1, 0.15) is 15.7 Å². The van der Waals surface area contributed by atoms with Crippen LogP contribution in [0.15, 0.2) is 71.8 Å². The van der Waals surface area contributed by atoms with Gasteiger partial charge in [-0.3, -0.25) is 15.1 Å². The molecule has 0 aliphatic carbocycles. The Morgan fingerprint density at radius 3 is 2.43 bits per heavy atom. The number of hydrogen-bond donors (Lipinski definition) is 1. The predicted molar refractivity (Wildman–Crippen MR) is 103 cm³/mol. The molecule has 8 nitrogen and oxygen atoms in total. The van der Waals surface area contributed by atoms with Gasteiger partial charge in [-0.25, -0.2) is 13.1 Å². The maximum absolute atomic E-state index is 12.6. The van der Waals surface area contributed by atoms with Crippen LogP contribution in [0.3, 0.4) is 0 Å². The van der Waals surface area contributed by atoms with Crippen molar-refractivity contribution >= 4 is 27.3 Å². The number of benzene rings is 2. The summed E-state index contributed by atoms with van der Waals surface area (Å²) in [6, 6.07) is 15.8. The fourth-order valence-corrected chi connectivity index (χ4v) is 3.96. The Labute approximate surface area is 166 Å². The Kier molecular flexibility index (Phi) is 5.88. The zero-order chi connectivity index (χ0) is 20.1. The number of sulfonamides is 1. The lowest BCUT2D eigenvalue weighted by molar-refractivity contribution is -0.385. The summed E-state index contributed by atoms with van der Waals surface area (Å²) in [7, 11) is -4.12. The van der Waals surface area contributed by atoms with E-state index in [9.17, 15) is 18.5 Å². The van der Waals surface area contributed by atoms with Crippen molar-refractivity contribution in [1.29, 1.82) is 0 Å². The van der Waals surface area contributed by atoms with Gasteiger partial charge in [0.05, 0.1) is 17.2 Å². The minimum absolute atomic E-state index is 0.0877. The molecule has 3 rings (SSSR count). The number of para-hydroxylation sites is 1. The Bertz CT molecular complexity index is 1090. The highest BCUT2D eigenvalue weighted by Gasteiger charge is 2.29. The zero-order valence-corrected chi connectivity index (χ0v) is 15.9. The molecule has 0 amide bonds. The van der Waals surface area contributed by atoms with Gasteiger partial charge < -0.3 is 4.74 Å². The fraction of sp³-hybridized carbons (Fsp3) is 0.0556. The van der Waals surface area contributed by atoms with Gasteiger partial charge in [-0.2, -0.15) is 0 Å². The van der Waals surface area contributed by atoms with Gasteiger partial charge in [-0.05, 0) is 36.4 Å². The first-order chi connectivity index (χ1) is 13.4. The van der Waals surface area contributed by atoms with Crippen LogP contribution >= 0.6 is 11.6 Å². The molecule has 0 unspecified atom stereocenters. The van der Waals surface area contributed by atoms with E-state index in [1.54, 1.807) is 48.5 Å². The van der Waals surface area contributed by atoms with Crippen molar-refractivity contribution in [3.8, 4) is 11.5 Å². The molecule has 0 saturated heterocycles. The number of ether oxygens (including phenoxy) is 1. The highest BCUT2D eigenvalue weighted by molar-refractivity contribution is 7.89. The lowest BCUT2D eigenvalue weighted by Gasteiger charge is -2.11. The predicted octanol–water partition coefficient (Wildman–Crippen LogP) is 3.91. The Balaban J connectivity index is 1.93. The topological polar surface area (TPSA) is 111 Å². The smallest absolute Gasteiger partial charge is 0.331 e. The molecular formula is C18H14ClN3O5S. The van der Waals surface area contributed by atoms with Crippen LogP contribution < -0.4 is 9.46 Å². The summed E-state index contributed by atoms with van der Waals surface area (Å²) < 4.78 is 33.0. The number of nitrogens with one attached hydrogen (secondary N) is 1. The molecule has 144 valence electrons. The highest BCUT2D eigenvalue weighted by atomic mass is 35.5.